The molecule has 2 aliphatic heterocycles. The van der Waals surface area contributed by atoms with E-state index in [-0.39, 0.29) is 0 Å². The number of nitrogens with zero attached hydrogens (tertiary/aromatic N) is 1. The van der Waals surface area contributed by atoms with E-state index in [1.165, 1.54) is 37.1 Å². The van der Waals surface area contributed by atoms with Crippen LogP contribution >= 0.6 is 0 Å². The van der Waals surface area contributed by atoms with Crippen molar-refractivity contribution in [2.24, 2.45) is 17.8 Å². The second kappa shape index (κ2) is 6.72. The number of piperidine rings is 1. The molecule has 1 saturated heterocycles. The number of fused-ring (bicyclic) bond motifs is 3. The van der Waals surface area contributed by atoms with Crippen molar-refractivity contribution in [1.29, 1.82) is 0 Å². The fraction of sp³-hybridized carbons (Fsp3) is 0.700. The first-order valence-electron chi connectivity index (χ1n) is 9.02. The molecule has 3 rings (SSSR count). The third-order valence-corrected chi connectivity index (χ3v) is 5.76. The first kappa shape index (κ1) is 16.6. The van der Waals surface area contributed by atoms with E-state index < -0.39 is 0 Å². The molecule has 2 aliphatic rings. The smallest absolute Gasteiger partial charge is 0.161 e. The second-order valence-electron chi connectivity index (χ2n) is 7.77. The Bertz CT molecular complexity index is 555. The Morgan fingerprint density at radius 3 is 2.52 bits per heavy atom. The van der Waals surface area contributed by atoms with E-state index >= 15 is 0 Å². The van der Waals surface area contributed by atoms with Crippen LogP contribution in [0.3, 0.4) is 0 Å². The maximum Gasteiger partial charge on any atom is 0.161 e. The SMILES string of the molecule is COc1cc2c(cc1OC)C1CC(C)C(CC(C)C)CN1CC2. The molecule has 0 aromatic heterocycles. The zero-order chi connectivity index (χ0) is 16.6. The van der Waals surface area contributed by atoms with Crippen LogP contribution in [0.25, 0.3) is 0 Å². The van der Waals surface area contributed by atoms with Crippen molar-refractivity contribution in [3.63, 3.8) is 0 Å². The Hall–Kier alpha value is -1.22. The van der Waals surface area contributed by atoms with Crippen LogP contribution in [0, 0.1) is 17.8 Å². The Balaban J connectivity index is 1.87. The molecule has 3 nitrogen and oxygen atoms in total. The molecule has 1 aromatic carbocycles. The summed E-state index contributed by atoms with van der Waals surface area (Å²) in [5, 5.41) is 0. The highest BCUT2D eigenvalue weighted by Crippen LogP contribution is 2.45. The summed E-state index contributed by atoms with van der Waals surface area (Å²) >= 11 is 0. The lowest BCUT2D eigenvalue weighted by atomic mass is 9.75. The number of rotatable bonds is 4. The van der Waals surface area contributed by atoms with Crippen molar-refractivity contribution in [2.45, 2.75) is 46.1 Å². The van der Waals surface area contributed by atoms with E-state index in [9.17, 15) is 0 Å². The van der Waals surface area contributed by atoms with Gasteiger partial charge in [0.25, 0.3) is 0 Å². The number of benzene rings is 1. The molecule has 128 valence electrons. The van der Waals surface area contributed by atoms with Gasteiger partial charge in [-0.05, 0) is 60.3 Å². The third kappa shape index (κ3) is 3.21. The molecular formula is C20H31NO2. The summed E-state index contributed by atoms with van der Waals surface area (Å²) in [6, 6.07) is 4.97. The molecule has 1 aromatic rings. The topological polar surface area (TPSA) is 21.7 Å². The largest absolute Gasteiger partial charge is 0.493 e. The fourth-order valence-corrected chi connectivity index (χ4v) is 4.51. The van der Waals surface area contributed by atoms with Crippen molar-refractivity contribution in [3.8, 4) is 11.5 Å². The highest BCUT2D eigenvalue weighted by atomic mass is 16.5. The molecule has 0 radical (unpaired) electrons. The van der Waals surface area contributed by atoms with Crippen molar-refractivity contribution in [3.05, 3.63) is 23.3 Å². The van der Waals surface area contributed by atoms with Crippen molar-refractivity contribution < 1.29 is 9.47 Å². The molecule has 3 unspecified atom stereocenters. The normalized spacial score (nSPS) is 27.5. The molecule has 0 aliphatic carbocycles. The van der Waals surface area contributed by atoms with Crippen LogP contribution in [0.5, 0.6) is 11.5 Å². The zero-order valence-electron chi connectivity index (χ0n) is 15.3. The van der Waals surface area contributed by atoms with E-state index in [1.807, 2.05) is 0 Å². The van der Waals surface area contributed by atoms with Gasteiger partial charge in [-0.1, -0.05) is 20.8 Å². The lowest BCUT2D eigenvalue weighted by Crippen LogP contribution is -2.45. The standard InChI is InChI=1S/C20H31NO2/c1-13(2)8-16-12-21-7-6-15-10-19(22-4)20(23-5)11-17(15)18(21)9-14(16)3/h10-11,13-14,16,18H,6-9,12H2,1-5H3. The van der Waals surface area contributed by atoms with Gasteiger partial charge in [0, 0.05) is 19.1 Å². The molecular weight excluding hydrogens is 286 g/mol. The summed E-state index contributed by atoms with van der Waals surface area (Å²) in [7, 11) is 3.45. The van der Waals surface area contributed by atoms with E-state index in [2.05, 4.69) is 37.8 Å². The lowest BCUT2D eigenvalue weighted by Gasteiger charge is -2.47. The first-order valence-corrected chi connectivity index (χ1v) is 9.02. The molecule has 3 heteroatoms. The summed E-state index contributed by atoms with van der Waals surface area (Å²) in [6.07, 6.45) is 3.73. The van der Waals surface area contributed by atoms with E-state index in [1.54, 1.807) is 14.2 Å². The molecule has 2 heterocycles. The molecule has 23 heavy (non-hydrogen) atoms. The van der Waals surface area contributed by atoms with Gasteiger partial charge in [0.2, 0.25) is 0 Å². The van der Waals surface area contributed by atoms with Crippen LogP contribution in [0.1, 0.15) is 50.8 Å². The van der Waals surface area contributed by atoms with Crippen LogP contribution in [0.15, 0.2) is 12.1 Å². The third-order valence-electron chi connectivity index (χ3n) is 5.76. The fourth-order valence-electron chi connectivity index (χ4n) is 4.51. The molecule has 0 amide bonds. The van der Waals surface area contributed by atoms with Gasteiger partial charge in [-0.15, -0.1) is 0 Å². The van der Waals surface area contributed by atoms with E-state index in [4.69, 9.17) is 9.47 Å². The molecule has 3 atom stereocenters. The van der Waals surface area contributed by atoms with Gasteiger partial charge >= 0.3 is 0 Å². The van der Waals surface area contributed by atoms with Gasteiger partial charge in [-0.25, -0.2) is 0 Å². The molecule has 0 bridgehead atoms. The summed E-state index contributed by atoms with van der Waals surface area (Å²) in [6.45, 7) is 9.56. The maximum atomic E-state index is 5.54. The van der Waals surface area contributed by atoms with Crippen LogP contribution in [-0.4, -0.2) is 32.2 Å². The minimum atomic E-state index is 0.553. The van der Waals surface area contributed by atoms with Crippen LogP contribution in [-0.2, 0) is 6.42 Å². The van der Waals surface area contributed by atoms with Gasteiger partial charge in [0.1, 0.15) is 0 Å². The van der Waals surface area contributed by atoms with Gasteiger partial charge < -0.3 is 9.47 Å². The summed E-state index contributed by atoms with van der Waals surface area (Å²) < 4.78 is 11.0. The van der Waals surface area contributed by atoms with Gasteiger partial charge in [-0.3, -0.25) is 4.90 Å². The minimum absolute atomic E-state index is 0.553. The monoisotopic (exact) mass is 317 g/mol. The Kier molecular flexibility index (Phi) is 4.86. The van der Waals surface area contributed by atoms with Gasteiger partial charge in [0.15, 0.2) is 11.5 Å². The molecule has 0 saturated carbocycles. The van der Waals surface area contributed by atoms with Crippen LogP contribution < -0.4 is 9.47 Å². The van der Waals surface area contributed by atoms with Crippen LogP contribution in [0.2, 0.25) is 0 Å². The highest BCUT2D eigenvalue weighted by molar-refractivity contribution is 5.49. The van der Waals surface area contributed by atoms with E-state index in [0.717, 1.165) is 35.7 Å². The van der Waals surface area contributed by atoms with Crippen molar-refractivity contribution in [1.82, 2.24) is 4.90 Å². The predicted octanol–water partition coefficient (Wildman–Crippen LogP) is 4.31. The Morgan fingerprint density at radius 2 is 1.87 bits per heavy atom. The second-order valence-corrected chi connectivity index (χ2v) is 7.77. The average Bonchev–Trinajstić information content (AvgIpc) is 2.53. The van der Waals surface area contributed by atoms with Gasteiger partial charge in [-0.2, -0.15) is 0 Å². The molecule has 0 spiro atoms. The summed E-state index contributed by atoms with van der Waals surface area (Å²) in [5.41, 5.74) is 2.90. The quantitative estimate of drug-likeness (QED) is 0.826. The summed E-state index contributed by atoms with van der Waals surface area (Å²) in [4.78, 5) is 2.71. The highest BCUT2D eigenvalue weighted by Gasteiger charge is 2.37. The number of methoxy groups -OCH3 is 2. The molecule has 1 fully saturated rings. The Morgan fingerprint density at radius 1 is 1.17 bits per heavy atom. The predicted molar refractivity (Wildman–Crippen MR) is 94.3 cm³/mol. The average molecular weight is 317 g/mol. The number of hydrogen-bond donors (Lipinski definition) is 0. The lowest BCUT2D eigenvalue weighted by molar-refractivity contribution is 0.0515. The van der Waals surface area contributed by atoms with E-state index in [0.29, 0.717) is 6.04 Å². The van der Waals surface area contributed by atoms with Crippen LogP contribution in [0.4, 0.5) is 0 Å². The number of ether oxygens (including phenoxy) is 2. The maximum absolute atomic E-state index is 5.54. The Labute approximate surface area is 141 Å². The van der Waals surface area contributed by atoms with Gasteiger partial charge in [0.05, 0.1) is 14.2 Å². The number of hydrogen-bond acceptors (Lipinski definition) is 3. The minimum Gasteiger partial charge on any atom is -0.493 e. The zero-order valence-corrected chi connectivity index (χ0v) is 15.3. The van der Waals surface area contributed by atoms with Crippen molar-refractivity contribution in [2.75, 3.05) is 27.3 Å². The first-order chi connectivity index (χ1) is 11.0. The summed E-state index contributed by atoms with van der Waals surface area (Å²) in [5.74, 6) is 4.15. The van der Waals surface area contributed by atoms with Crippen molar-refractivity contribution >= 4 is 0 Å². The molecule has 0 N–H and O–H groups in total.